The summed E-state index contributed by atoms with van der Waals surface area (Å²) in [6.07, 6.45) is 3.81. The second-order valence-corrected chi connectivity index (χ2v) is 4.11. The zero-order valence-electron chi connectivity index (χ0n) is 9.70. The summed E-state index contributed by atoms with van der Waals surface area (Å²) in [6, 6.07) is 12.1. The molecule has 3 aromatic rings. The molecule has 2 aromatic heterocycles. The van der Waals surface area contributed by atoms with Gasteiger partial charge in [-0.1, -0.05) is 18.2 Å². The first-order chi connectivity index (χ1) is 8.88. The summed E-state index contributed by atoms with van der Waals surface area (Å²) in [5.74, 6) is 0.778. The molecule has 88 valence electrons. The monoisotopic (exact) mass is 236 g/mol. The first-order valence-electron chi connectivity index (χ1n) is 5.75. The molecule has 4 nitrogen and oxygen atoms in total. The van der Waals surface area contributed by atoms with Crippen LogP contribution in [0.25, 0.3) is 10.9 Å². The van der Waals surface area contributed by atoms with Crippen molar-refractivity contribution in [2.75, 3.05) is 5.32 Å². The Morgan fingerprint density at radius 1 is 1.22 bits per heavy atom. The van der Waals surface area contributed by atoms with Gasteiger partial charge in [-0.25, -0.2) is 0 Å². The van der Waals surface area contributed by atoms with E-state index in [1.165, 1.54) is 0 Å². The van der Waals surface area contributed by atoms with Gasteiger partial charge >= 0.3 is 0 Å². The maximum Gasteiger partial charge on any atom is 0.122 e. The number of para-hydroxylation sites is 1. The minimum Gasteiger partial charge on any atom is -0.367 e. The average molecular weight is 236 g/mol. The quantitative estimate of drug-likeness (QED) is 0.654. The number of benzene rings is 1. The van der Waals surface area contributed by atoms with E-state index in [9.17, 15) is 5.26 Å². The Morgan fingerprint density at radius 2 is 2.11 bits per heavy atom. The van der Waals surface area contributed by atoms with Crippen LogP contribution in [0.4, 0.5) is 5.82 Å². The van der Waals surface area contributed by atoms with Crippen molar-refractivity contribution in [1.82, 2.24) is 9.97 Å². The van der Waals surface area contributed by atoms with Gasteiger partial charge in [-0.3, -0.25) is 0 Å². The molecule has 0 spiro atoms. The minimum absolute atomic E-state index is 0.668. The predicted octanol–water partition coefficient (Wildman–Crippen LogP) is 2.98. The normalized spacial score (nSPS) is 10.4. The summed E-state index contributed by atoms with van der Waals surface area (Å²) in [6.45, 7) is 0.686. The van der Waals surface area contributed by atoms with Crippen molar-refractivity contribution in [2.24, 2.45) is 0 Å². The molecule has 4 heteroatoms. The predicted molar refractivity (Wildman–Crippen MR) is 71.1 cm³/mol. The fraction of sp³-hybridized carbons (Fsp3) is 0.0714. The number of hydrogen-bond donors (Lipinski definition) is 3. The zero-order chi connectivity index (χ0) is 12.4. The van der Waals surface area contributed by atoms with Gasteiger partial charge in [0.2, 0.25) is 0 Å². The molecule has 3 N–H and O–H groups in total. The van der Waals surface area contributed by atoms with E-state index >= 15 is 0 Å². The third-order valence-corrected chi connectivity index (χ3v) is 2.95. The van der Waals surface area contributed by atoms with E-state index in [-0.39, 0.29) is 0 Å². The molecule has 0 atom stereocenters. The number of nitrogens with one attached hydrogen (secondary N) is 3. The van der Waals surface area contributed by atoms with Crippen molar-refractivity contribution in [3.8, 4) is 6.07 Å². The first kappa shape index (κ1) is 10.5. The molecule has 18 heavy (non-hydrogen) atoms. The molecule has 0 bridgehead atoms. The maximum atomic E-state index is 9.25. The van der Waals surface area contributed by atoms with Gasteiger partial charge < -0.3 is 15.3 Å². The largest absolute Gasteiger partial charge is 0.367 e. The lowest BCUT2D eigenvalue weighted by molar-refractivity contribution is 1.13. The number of H-pyrrole nitrogens is 2. The fourth-order valence-corrected chi connectivity index (χ4v) is 2.05. The standard InChI is InChI=1S/C14H12N4/c15-7-12-11-3-1-2-4-13(11)18-14(12)17-9-10-5-6-16-8-10/h1-6,8,16-18H,9H2. The smallest absolute Gasteiger partial charge is 0.122 e. The number of nitrogens with zero attached hydrogens (tertiary/aromatic N) is 1. The maximum absolute atomic E-state index is 9.25. The second-order valence-electron chi connectivity index (χ2n) is 4.11. The molecule has 0 radical (unpaired) electrons. The summed E-state index contributed by atoms with van der Waals surface area (Å²) in [5, 5.41) is 13.5. The number of anilines is 1. The van der Waals surface area contributed by atoms with Crippen molar-refractivity contribution in [2.45, 2.75) is 6.54 Å². The molecule has 0 aliphatic carbocycles. The van der Waals surface area contributed by atoms with Crippen molar-refractivity contribution in [1.29, 1.82) is 5.26 Å². The molecular weight excluding hydrogens is 224 g/mol. The number of nitriles is 1. The Kier molecular flexibility index (Phi) is 2.50. The van der Waals surface area contributed by atoms with Gasteiger partial charge in [-0.2, -0.15) is 5.26 Å². The van der Waals surface area contributed by atoms with E-state index in [4.69, 9.17) is 0 Å². The van der Waals surface area contributed by atoms with Gasteiger partial charge in [0.15, 0.2) is 0 Å². The highest BCUT2D eigenvalue weighted by atomic mass is 15.0. The minimum atomic E-state index is 0.668. The average Bonchev–Trinajstić information content (AvgIpc) is 3.03. The van der Waals surface area contributed by atoms with Crippen LogP contribution in [0.5, 0.6) is 0 Å². The molecule has 0 unspecified atom stereocenters. The Balaban J connectivity index is 1.94. The zero-order valence-corrected chi connectivity index (χ0v) is 9.70. The van der Waals surface area contributed by atoms with E-state index in [1.54, 1.807) is 0 Å². The van der Waals surface area contributed by atoms with Crippen LogP contribution in [0.2, 0.25) is 0 Å². The van der Waals surface area contributed by atoms with Crippen LogP contribution < -0.4 is 5.32 Å². The van der Waals surface area contributed by atoms with Gasteiger partial charge in [0.05, 0.1) is 0 Å². The molecule has 0 saturated carbocycles. The van der Waals surface area contributed by atoms with Crippen LogP contribution in [-0.4, -0.2) is 9.97 Å². The summed E-state index contributed by atoms with van der Waals surface area (Å²) in [7, 11) is 0. The first-order valence-corrected chi connectivity index (χ1v) is 5.75. The molecule has 0 amide bonds. The molecule has 2 heterocycles. The van der Waals surface area contributed by atoms with Gasteiger partial charge in [0, 0.05) is 29.8 Å². The Bertz CT molecular complexity index is 701. The number of hydrogen-bond acceptors (Lipinski definition) is 2. The molecule has 3 rings (SSSR count). The van der Waals surface area contributed by atoms with Crippen LogP contribution in [0.15, 0.2) is 42.7 Å². The van der Waals surface area contributed by atoms with Gasteiger partial charge in [-0.05, 0) is 17.7 Å². The Morgan fingerprint density at radius 3 is 2.89 bits per heavy atom. The number of fused-ring (bicyclic) bond motifs is 1. The molecule has 0 fully saturated rings. The van der Waals surface area contributed by atoms with Crippen LogP contribution in [0.1, 0.15) is 11.1 Å². The third-order valence-electron chi connectivity index (χ3n) is 2.95. The van der Waals surface area contributed by atoms with Crippen LogP contribution in [0, 0.1) is 11.3 Å². The lowest BCUT2D eigenvalue weighted by Crippen LogP contribution is -1.99. The molecule has 0 aliphatic rings. The lowest BCUT2D eigenvalue weighted by atomic mass is 10.2. The van der Waals surface area contributed by atoms with Gasteiger partial charge in [0.1, 0.15) is 17.5 Å². The van der Waals surface area contributed by atoms with Crippen LogP contribution in [0.3, 0.4) is 0 Å². The van der Waals surface area contributed by atoms with Crippen molar-refractivity contribution in [3.05, 3.63) is 53.9 Å². The molecular formula is C14H12N4. The Labute approximate surface area is 104 Å². The lowest BCUT2D eigenvalue weighted by Gasteiger charge is -2.02. The molecule has 0 saturated heterocycles. The van der Waals surface area contributed by atoms with E-state index in [2.05, 4.69) is 21.4 Å². The van der Waals surface area contributed by atoms with Crippen molar-refractivity contribution >= 4 is 16.7 Å². The third kappa shape index (κ3) is 1.72. The topological polar surface area (TPSA) is 67.4 Å². The molecule has 0 aliphatic heterocycles. The van der Waals surface area contributed by atoms with Crippen LogP contribution in [-0.2, 0) is 6.54 Å². The highest BCUT2D eigenvalue weighted by Crippen LogP contribution is 2.25. The van der Waals surface area contributed by atoms with E-state index in [1.807, 2.05) is 42.7 Å². The van der Waals surface area contributed by atoms with Crippen molar-refractivity contribution in [3.63, 3.8) is 0 Å². The number of aromatic amines is 2. The Hall–Kier alpha value is -2.67. The SMILES string of the molecule is N#Cc1c(NCc2cc[nH]c2)[nH]c2ccccc12. The van der Waals surface area contributed by atoms with Crippen molar-refractivity contribution < 1.29 is 0 Å². The second kappa shape index (κ2) is 4.30. The summed E-state index contributed by atoms with van der Waals surface area (Å²) in [4.78, 5) is 6.24. The summed E-state index contributed by atoms with van der Waals surface area (Å²) < 4.78 is 0. The number of rotatable bonds is 3. The fourth-order valence-electron chi connectivity index (χ4n) is 2.05. The van der Waals surface area contributed by atoms with Gasteiger partial charge in [0.25, 0.3) is 0 Å². The van der Waals surface area contributed by atoms with Crippen LogP contribution >= 0.6 is 0 Å². The summed E-state index contributed by atoms with van der Waals surface area (Å²) >= 11 is 0. The number of aromatic nitrogens is 2. The van der Waals surface area contributed by atoms with Gasteiger partial charge in [-0.15, -0.1) is 0 Å². The van der Waals surface area contributed by atoms with E-state index in [0.29, 0.717) is 12.1 Å². The molecule has 1 aromatic carbocycles. The van der Waals surface area contributed by atoms with E-state index in [0.717, 1.165) is 22.3 Å². The summed E-state index contributed by atoms with van der Waals surface area (Å²) in [5.41, 5.74) is 2.80. The van der Waals surface area contributed by atoms with E-state index < -0.39 is 0 Å². The highest BCUT2D eigenvalue weighted by Gasteiger charge is 2.09. The highest BCUT2D eigenvalue weighted by molar-refractivity contribution is 5.91.